The molecule has 110 valence electrons. The molecule has 0 aliphatic rings. The van der Waals surface area contributed by atoms with E-state index < -0.39 is 0 Å². The largest absolute Gasteiger partial charge is 0.493 e. The summed E-state index contributed by atoms with van der Waals surface area (Å²) in [5.74, 6) is 0.685. The molecule has 3 rings (SSSR count). The van der Waals surface area contributed by atoms with Crippen LogP contribution >= 0.6 is 0 Å². The van der Waals surface area contributed by atoms with Crippen molar-refractivity contribution < 1.29 is 14.3 Å². The van der Waals surface area contributed by atoms with Crippen molar-refractivity contribution in [3.63, 3.8) is 0 Å². The summed E-state index contributed by atoms with van der Waals surface area (Å²) in [6.07, 6.45) is 0.225. The van der Waals surface area contributed by atoms with Crippen LogP contribution in [-0.4, -0.2) is 13.1 Å². The van der Waals surface area contributed by atoms with Crippen molar-refractivity contribution in [2.75, 3.05) is 7.11 Å². The third-order valence-corrected chi connectivity index (χ3v) is 3.46. The molecule has 0 bridgehead atoms. The van der Waals surface area contributed by atoms with Gasteiger partial charge in [0, 0.05) is 0 Å². The Morgan fingerprint density at radius 3 is 2.32 bits per heavy atom. The van der Waals surface area contributed by atoms with Crippen molar-refractivity contribution in [3.05, 3.63) is 72.3 Å². The Morgan fingerprint density at radius 2 is 1.55 bits per heavy atom. The number of methoxy groups -OCH3 is 1. The molecule has 0 saturated heterocycles. The summed E-state index contributed by atoms with van der Waals surface area (Å²) in [6, 6.07) is 21.2. The molecule has 0 amide bonds. The van der Waals surface area contributed by atoms with E-state index in [4.69, 9.17) is 9.47 Å². The maximum absolute atomic E-state index is 12.1. The van der Waals surface area contributed by atoms with E-state index in [0.29, 0.717) is 11.5 Å². The maximum Gasteiger partial charge on any atom is 0.315 e. The van der Waals surface area contributed by atoms with Crippen LogP contribution in [0.1, 0.15) is 5.56 Å². The molecule has 3 aromatic carbocycles. The maximum atomic E-state index is 12.1. The summed E-state index contributed by atoms with van der Waals surface area (Å²) < 4.78 is 10.6. The van der Waals surface area contributed by atoms with Gasteiger partial charge in [0.2, 0.25) is 0 Å². The first-order valence-electron chi connectivity index (χ1n) is 7.07. The lowest BCUT2D eigenvalue weighted by molar-refractivity contribution is -0.133. The van der Waals surface area contributed by atoms with E-state index in [0.717, 1.165) is 16.3 Å². The van der Waals surface area contributed by atoms with Crippen LogP contribution < -0.4 is 9.47 Å². The van der Waals surface area contributed by atoms with E-state index >= 15 is 0 Å². The predicted molar refractivity (Wildman–Crippen MR) is 86.3 cm³/mol. The lowest BCUT2D eigenvalue weighted by Gasteiger charge is -2.09. The van der Waals surface area contributed by atoms with Crippen molar-refractivity contribution in [2.45, 2.75) is 6.42 Å². The molecule has 0 spiro atoms. The molecule has 22 heavy (non-hydrogen) atoms. The second-order valence-corrected chi connectivity index (χ2v) is 4.98. The van der Waals surface area contributed by atoms with Gasteiger partial charge in [-0.25, -0.2) is 0 Å². The number of carbonyl (C=O) groups excluding carboxylic acids is 1. The van der Waals surface area contributed by atoms with Crippen molar-refractivity contribution in [2.24, 2.45) is 0 Å². The summed E-state index contributed by atoms with van der Waals surface area (Å²) in [4.78, 5) is 12.1. The summed E-state index contributed by atoms with van der Waals surface area (Å²) in [5, 5.41) is 2.27. The van der Waals surface area contributed by atoms with Gasteiger partial charge in [-0.15, -0.1) is 0 Å². The van der Waals surface area contributed by atoms with E-state index in [-0.39, 0.29) is 12.4 Å². The summed E-state index contributed by atoms with van der Waals surface area (Å²) >= 11 is 0. The molecule has 0 aliphatic heterocycles. The number of para-hydroxylation sites is 2. The molecule has 0 radical (unpaired) electrons. The summed E-state index contributed by atoms with van der Waals surface area (Å²) in [6.45, 7) is 0. The van der Waals surface area contributed by atoms with Gasteiger partial charge in [-0.1, -0.05) is 54.6 Å². The molecule has 0 atom stereocenters. The van der Waals surface area contributed by atoms with Crippen LogP contribution in [0.25, 0.3) is 10.8 Å². The minimum absolute atomic E-state index is 0.225. The number of ether oxygens (including phenoxy) is 2. The highest BCUT2D eigenvalue weighted by Crippen LogP contribution is 2.26. The Morgan fingerprint density at radius 1 is 0.864 bits per heavy atom. The minimum Gasteiger partial charge on any atom is -0.493 e. The van der Waals surface area contributed by atoms with Crippen molar-refractivity contribution in [1.82, 2.24) is 0 Å². The molecule has 3 aromatic rings. The minimum atomic E-state index is -0.306. The van der Waals surface area contributed by atoms with Crippen molar-refractivity contribution in [1.29, 1.82) is 0 Å². The van der Waals surface area contributed by atoms with Crippen molar-refractivity contribution >= 4 is 16.7 Å². The normalized spacial score (nSPS) is 10.4. The molecular formula is C19H16O3. The fraction of sp³-hybridized carbons (Fsp3) is 0.105. The molecule has 0 saturated carbocycles. The number of esters is 1. The second-order valence-electron chi connectivity index (χ2n) is 4.98. The number of hydrogen-bond acceptors (Lipinski definition) is 3. The smallest absolute Gasteiger partial charge is 0.315 e. The fourth-order valence-corrected chi connectivity index (χ4v) is 2.38. The first kappa shape index (κ1) is 14.1. The predicted octanol–water partition coefficient (Wildman–Crippen LogP) is 4.00. The standard InChI is InChI=1S/C19H16O3/c1-21-17-8-4-5-9-18(17)22-19(20)13-14-10-11-15-6-2-3-7-16(15)12-14/h2-12H,13H2,1H3. The topological polar surface area (TPSA) is 35.5 Å². The first-order chi connectivity index (χ1) is 10.8. The molecule has 0 aliphatic carbocycles. The van der Waals surface area contributed by atoms with Crippen LogP contribution in [0.15, 0.2) is 66.7 Å². The van der Waals surface area contributed by atoms with Crippen LogP contribution in [-0.2, 0) is 11.2 Å². The van der Waals surface area contributed by atoms with Gasteiger partial charge >= 0.3 is 5.97 Å². The Balaban J connectivity index is 1.75. The number of fused-ring (bicyclic) bond motifs is 1. The SMILES string of the molecule is COc1ccccc1OC(=O)Cc1ccc2ccccc2c1. The molecule has 0 aromatic heterocycles. The Bertz CT molecular complexity index is 808. The monoisotopic (exact) mass is 292 g/mol. The Labute approximate surface area is 129 Å². The van der Waals surface area contributed by atoms with Gasteiger partial charge in [-0.05, 0) is 28.5 Å². The van der Waals surface area contributed by atoms with Gasteiger partial charge in [-0.3, -0.25) is 4.79 Å². The van der Waals surface area contributed by atoms with Crippen LogP contribution in [0, 0.1) is 0 Å². The van der Waals surface area contributed by atoms with Gasteiger partial charge in [-0.2, -0.15) is 0 Å². The molecule has 0 N–H and O–H groups in total. The van der Waals surface area contributed by atoms with E-state index in [2.05, 4.69) is 0 Å². The van der Waals surface area contributed by atoms with Crippen LogP contribution in [0.4, 0.5) is 0 Å². The molecule has 0 unspecified atom stereocenters. The van der Waals surface area contributed by atoms with E-state index in [1.54, 1.807) is 25.3 Å². The van der Waals surface area contributed by atoms with E-state index in [1.165, 1.54) is 0 Å². The Kier molecular flexibility index (Phi) is 4.05. The van der Waals surface area contributed by atoms with E-state index in [9.17, 15) is 4.79 Å². The molecular weight excluding hydrogens is 276 g/mol. The van der Waals surface area contributed by atoms with Gasteiger partial charge in [0.1, 0.15) is 0 Å². The third-order valence-electron chi connectivity index (χ3n) is 3.46. The zero-order valence-corrected chi connectivity index (χ0v) is 12.3. The zero-order chi connectivity index (χ0) is 15.4. The molecule has 3 heteroatoms. The highest BCUT2D eigenvalue weighted by Gasteiger charge is 2.10. The van der Waals surface area contributed by atoms with Gasteiger partial charge in [0.25, 0.3) is 0 Å². The molecule has 0 fully saturated rings. The molecule has 3 nitrogen and oxygen atoms in total. The highest BCUT2D eigenvalue weighted by molar-refractivity contribution is 5.84. The first-order valence-corrected chi connectivity index (χ1v) is 7.07. The number of carbonyl (C=O) groups is 1. The quantitative estimate of drug-likeness (QED) is 0.538. The van der Waals surface area contributed by atoms with Crippen LogP contribution in [0.2, 0.25) is 0 Å². The lowest BCUT2D eigenvalue weighted by Crippen LogP contribution is -2.11. The number of hydrogen-bond donors (Lipinski definition) is 0. The second kappa shape index (κ2) is 6.31. The van der Waals surface area contributed by atoms with Gasteiger partial charge in [0.15, 0.2) is 11.5 Å². The van der Waals surface area contributed by atoms with Gasteiger partial charge in [0.05, 0.1) is 13.5 Å². The third kappa shape index (κ3) is 3.09. The average molecular weight is 292 g/mol. The average Bonchev–Trinajstić information content (AvgIpc) is 2.55. The van der Waals surface area contributed by atoms with Gasteiger partial charge < -0.3 is 9.47 Å². The van der Waals surface area contributed by atoms with E-state index in [1.807, 2.05) is 48.5 Å². The zero-order valence-electron chi connectivity index (χ0n) is 12.3. The Hall–Kier alpha value is -2.81. The summed E-state index contributed by atoms with van der Waals surface area (Å²) in [5.41, 5.74) is 0.929. The summed E-state index contributed by atoms with van der Waals surface area (Å²) in [7, 11) is 1.55. The fourth-order valence-electron chi connectivity index (χ4n) is 2.38. The lowest BCUT2D eigenvalue weighted by atomic mass is 10.1. The van der Waals surface area contributed by atoms with Crippen molar-refractivity contribution in [3.8, 4) is 11.5 Å². The van der Waals surface area contributed by atoms with Crippen LogP contribution in [0.3, 0.4) is 0 Å². The highest BCUT2D eigenvalue weighted by atomic mass is 16.6. The molecule has 0 heterocycles. The number of benzene rings is 3. The van der Waals surface area contributed by atoms with Crippen LogP contribution in [0.5, 0.6) is 11.5 Å². The number of rotatable bonds is 4.